The predicted octanol–water partition coefficient (Wildman–Crippen LogP) is 3.14. The van der Waals surface area contributed by atoms with Gasteiger partial charge in [0.15, 0.2) is 0 Å². The molecule has 1 aromatic carbocycles. The Morgan fingerprint density at radius 3 is 2.68 bits per heavy atom. The van der Waals surface area contributed by atoms with Crippen LogP contribution in [0.1, 0.15) is 42.6 Å². The number of hydrogen-bond acceptors (Lipinski definition) is 2. The lowest BCUT2D eigenvalue weighted by Crippen LogP contribution is -2.32. The van der Waals surface area contributed by atoms with E-state index in [1.165, 1.54) is 18.9 Å². The molecule has 1 aliphatic carbocycles. The molecule has 0 saturated heterocycles. The van der Waals surface area contributed by atoms with Crippen LogP contribution in [-0.4, -0.2) is 28.6 Å². The van der Waals surface area contributed by atoms with Crippen LogP contribution in [0.25, 0.3) is 0 Å². The van der Waals surface area contributed by atoms with E-state index >= 15 is 0 Å². The van der Waals surface area contributed by atoms with Crippen LogP contribution in [0, 0.1) is 11.7 Å². The molecule has 0 aliphatic heterocycles. The maximum Gasteiger partial charge on any atom is 0.338 e. The fourth-order valence-corrected chi connectivity index (χ4v) is 2.18. The van der Waals surface area contributed by atoms with E-state index < -0.39 is 11.8 Å². The molecule has 1 saturated carbocycles. The lowest BCUT2D eigenvalue weighted by molar-refractivity contribution is 0.0691. The molecule has 0 radical (unpaired) electrons. The molecule has 0 aromatic heterocycles. The predicted molar refractivity (Wildman–Crippen MR) is 71.6 cm³/mol. The van der Waals surface area contributed by atoms with Crippen molar-refractivity contribution in [3.05, 3.63) is 35.1 Å². The summed E-state index contributed by atoms with van der Waals surface area (Å²) >= 11 is 0. The van der Waals surface area contributed by atoms with Crippen LogP contribution in [0.15, 0.2) is 18.2 Å². The van der Waals surface area contributed by atoms with Crippen molar-refractivity contribution >= 4 is 5.97 Å². The lowest BCUT2D eigenvalue weighted by Gasteiger charge is -2.26. The zero-order valence-corrected chi connectivity index (χ0v) is 11.4. The summed E-state index contributed by atoms with van der Waals surface area (Å²) in [4.78, 5) is 13.1. The van der Waals surface area contributed by atoms with Crippen molar-refractivity contribution < 1.29 is 14.3 Å². The Hall–Kier alpha value is -1.42. The lowest BCUT2D eigenvalue weighted by atomic mass is 10.1. The molecule has 1 aliphatic rings. The zero-order chi connectivity index (χ0) is 14.0. The van der Waals surface area contributed by atoms with Crippen LogP contribution in [-0.2, 0) is 6.54 Å². The van der Waals surface area contributed by atoms with Gasteiger partial charge in [-0.05, 0) is 38.7 Å². The van der Waals surface area contributed by atoms with Gasteiger partial charge in [0.25, 0.3) is 0 Å². The molecule has 0 amide bonds. The SMILES string of the molecule is CC(C)N(Cc1cccc(C(=O)O)c1F)CC1CC1. The van der Waals surface area contributed by atoms with Gasteiger partial charge in [-0.25, -0.2) is 9.18 Å². The van der Waals surface area contributed by atoms with Crippen LogP contribution in [0.2, 0.25) is 0 Å². The summed E-state index contributed by atoms with van der Waals surface area (Å²) in [5.41, 5.74) is 0.224. The van der Waals surface area contributed by atoms with Gasteiger partial charge < -0.3 is 5.11 Å². The van der Waals surface area contributed by atoms with Crippen LogP contribution >= 0.6 is 0 Å². The zero-order valence-electron chi connectivity index (χ0n) is 11.4. The van der Waals surface area contributed by atoms with Crippen LogP contribution < -0.4 is 0 Å². The van der Waals surface area contributed by atoms with Gasteiger partial charge in [0.2, 0.25) is 0 Å². The largest absolute Gasteiger partial charge is 0.478 e. The fourth-order valence-electron chi connectivity index (χ4n) is 2.18. The summed E-state index contributed by atoms with van der Waals surface area (Å²) in [6.45, 7) is 5.61. The van der Waals surface area contributed by atoms with Crippen LogP contribution in [0.3, 0.4) is 0 Å². The summed E-state index contributed by atoms with van der Waals surface area (Å²) in [6, 6.07) is 4.91. The van der Waals surface area contributed by atoms with E-state index in [0.29, 0.717) is 18.2 Å². The Morgan fingerprint density at radius 2 is 2.16 bits per heavy atom. The summed E-state index contributed by atoms with van der Waals surface area (Å²) in [5, 5.41) is 8.94. The molecule has 4 heteroatoms. The average molecular weight is 265 g/mol. The summed E-state index contributed by atoms with van der Waals surface area (Å²) < 4.78 is 14.1. The smallest absolute Gasteiger partial charge is 0.338 e. The molecule has 0 spiro atoms. The normalized spacial score (nSPS) is 15.2. The molecular formula is C15H20FNO2. The van der Waals surface area contributed by atoms with Crippen molar-refractivity contribution in [3.63, 3.8) is 0 Å². The Morgan fingerprint density at radius 1 is 1.47 bits per heavy atom. The Kier molecular flexibility index (Phi) is 4.20. The second-order valence-corrected chi connectivity index (χ2v) is 5.55. The first-order chi connectivity index (χ1) is 8.99. The number of carbonyl (C=O) groups is 1. The number of carboxylic acids is 1. The van der Waals surface area contributed by atoms with Gasteiger partial charge in [-0.3, -0.25) is 4.90 Å². The maximum atomic E-state index is 14.1. The van der Waals surface area contributed by atoms with E-state index in [1.807, 2.05) is 0 Å². The molecule has 0 atom stereocenters. The molecule has 1 fully saturated rings. The van der Waals surface area contributed by atoms with E-state index in [4.69, 9.17) is 5.11 Å². The molecule has 0 bridgehead atoms. The summed E-state index contributed by atoms with van der Waals surface area (Å²) in [7, 11) is 0. The highest BCUT2D eigenvalue weighted by Crippen LogP contribution is 2.31. The van der Waals surface area contributed by atoms with Gasteiger partial charge in [-0.1, -0.05) is 12.1 Å². The minimum atomic E-state index is -1.21. The van der Waals surface area contributed by atoms with Gasteiger partial charge in [0.1, 0.15) is 5.82 Å². The van der Waals surface area contributed by atoms with Gasteiger partial charge >= 0.3 is 5.97 Å². The monoisotopic (exact) mass is 265 g/mol. The third-order valence-corrected chi connectivity index (χ3v) is 3.60. The molecule has 1 aromatic rings. The number of nitrogens with zero attached hydrogens (tertiary/aromatic N) is 1. The topological polar surface area (TPSA) is 40.5 Å². The fraction of sp³-hybridized carbons (Fsp3) is 0.533. The summed E-state index contributed by atoms with van der Waals surface area (Å²) in [5.74, 6) is -1.08. The standard InChI is InChI=1S/C15H20FNO2/c1-10(2)17(8-11-6-7-11)9-12-4-3-5-13(14(12)16)15(18)19/h3-5,10-11H,6-9H2,1-2H3,(H,18,19). The quantitative estimate of drug-likeness (QED) is 0.859. The molecule has 3 nitrogen and oxygen atoms in total. The first-order valence-electron chi connectivity index (χ1n) is 6.73. The highest BCUT2D eigenvalue weighted by Gasteiger charge is 2.26. The molecule has 0 heterocycles. The Bertz CT molecular complexity index is 469. The number of rotatable bonds is 6. The molecule has 0 unspecified atom stereocenters. The number of halogens is 1. The van der Waals surface area contributed by atoms with Crippen molar-refractivity contribution in [2.45, 2.75) is 39.3 Å². The van der Waals surface area contributed by atoms with Crippen molar-refractivity contribution in [1.29, 1.82) is 0 Å². The highest BCUT2D eigenvalue weighted by atomic mass is 19.1. The second-order valence-electron chi connectivity index (χ2n) is 5.55. The minimum absolute atomic E-state index is 0.243. The van der Waals surface area contributed by atoms with E-state index in [-0.39, 0.29) is 5.56 Å². The number of hydrogen-bond donors (Lipinski definition) is 1. The first kappa shape index (κ1) is 14.0. The van der Waals surface area contributed by atoms with E-state index in [0.717, 1.165) is 12.5 Å². The molecular weight excluding hydrogens is 245 g/mol. The highest BCUT2D eigenvalue weighted by molar-refractivity contribution is 5.88. The van der Waals surface area contributed by atoms with Crippen molar-refractivity contribution in [2.75, 3.05) is 6.54 Å². The molecule has 2 rings (SSSR count). The van der Waals surface area contributed by atoms with Crippen molar-refractivity contribution in [1.82, 2.24) is 4.90 Å². The third kappa shape index (κ3) is 3.53. The third-order valence-electron chi connectivity index (χ3n) is 3.60. The molecule has 19 heavy (non-hydrogen) atoms. The maximum absolute atomic E-state index is 14.1. The van der Waals surface area contributed by atoms with Gasteiger partial charge in [-0.15, -0.1) is 0 Å². The number of carboxylic acid groups (broad SMARTS) is 1. The van der Waals surface area contributed by atoms with Crippen molar-refractivity contribution in [2.24, 2.45) is 5.92 Å². The van der Waals surface area contributed by atoms with Crippen LogP contribution in [0.5, 0.6) is 0 Å². The van der Waals surface area contributed by atoms with Crippen LogP contribution in [0.4, 0.5) is 4.39 Å². The Balaban J connectivity index is 2.15. The number of benzene rings is 1. The molecule has 1 N–H and O–H groups in total. The Labute approximate surface area is 113 Å². The van der Waals surface area contributed by atoms with Crippen molar-refractivity contribution in [3.8, 4) is 0 Å². The average Bonchev–Trinajstić information content (AvgIpc) is 3.14. The van der Waals surface area contributed by atoms with Gasteiger partial charge in [0, 0.05) is 24.7 Å². The second kappa shape index (κ2) is 5.70. The van der Waals surface area contributed by atoms with Gasteiger partial charge in [0.05, 0.1) is 5.56 Å². The summed E-state index contributed by atoms with van der Waals surface area (Å²) in [6.07, 6.45) is 2.50. The van der Waals surface area contributed by atoms with E-state index in [2.05, 4.69) is 18.7 Å². The first-order valence-corrected chi connectivity index (χ1v) is 6.73. The van der Waals surface area contributed by atoms with E-state index in [1.54, 1.807) is 12.1 Å². The minimum Gasteiger partial charge on any atom is -0.478 e. The molecule has 104 valence electrons. The van der Waals surface area contributed by atoms with Gasteiger partial charge in [-0.2, -0.15) is 0 Å². The van der Waals surface area contributed by atoms with E-state index in [9.17, 15) is 9.18 Å². The number of aromatic carboxylic acids is 1.